The first-order valence-electron chi connectivity index (χ1n) is 8.75. The Balaban J connectivity index is 1.73. The quantitative estimate of drug-likeness (QED) is 0.390. The van der Waals surface area contributed by atoms with Gasteiger partial charge in [-0.3, -0.25) is 0 Å². The molecule has 7 heteroatoms. The van der Waals surface area contributed by atoms with Crippen molar-refractivity contribution in [1.29, 1.82) is 0 Å². The van der Waals surface area contributed by atoms with Crippen LogP contribution in [0.1, 0.15) is 39.3 Å². The molecule has 0 fully saturated rings. The molecule has 0 aliphatic carbocycles. The van der Waals surface area contributed by atoms with Crippen LogP contribution in [0.25, 0.3) is 10.1 Å². The van der Waals surface area contributed by atoms with E-state index in [0.717, 1.165) is 15.8 Å². The smallest absolute Gasteiger partial charge is 0.349 e. The molecule has 4 nitrogen and oxygen atoms in total. The number of ether oxygens (including phenoxy) is 1. The van der Waals surface area contributed by atoms with E-state index < -0.39 is 5.97 Å². The summed E-state index contributed by atoms with van der Waals surface area (Å²) in [5, 5.41) is 8.27. The van der Waals surface area contributed by atoms with Crippen molar-refractivity contribution in [2.75, 3.05) is 12.4 Å². The van der Waals surface area contributed by atoms with Crippen LogP contribution in [-0.4, -0.2) is 18.2 Å². The lowest BCUT2D eigenvalue weighted by molar-refractivity contribution is 0.0606. The topological polar surface area (TPSA) is 50.4 Å². The highest BCUT2D eigenvalue weighted by molar-refractivity contribution is 7.80. The van der Waals surface area contributed by atoms with Crippen molar-refractivity contribution in [2.24, 2.45) is 0 Å². The molecular weight excluding hydrogens is 412 g/mol. The van der Waals surface area contributed by atoms with Crippen molar-refractivity contribution < 1.29 is 9.53 Å². The van der Waals surface area contributed by atoms with Crippen molar-refractivity contribution in [2.45, 2.75) is 26.8 Å². The number of anilines is 1. The molecule has 146 valence electrons. The van der Waals surface area contributed by atoms with Crippen LogP contribution in [0.4, 0.5) is 5.69 Å². The van der Waals surface area contributed by atoms with Crippen LogP contribution in [0.5, 0.6) is 0 Å². The van der Waals surface area contributed by atoms with Crippen LogP contribution in [0.3, 0.4) is 0 Å². The minimum atomic E-state index is -0.430. The lowest BCUT2D eigenvalue weighted by atomic mass is 10.0. The fourth-order valence-electron chi connectivity index (χ4n) is 2.85. The molecule has 0 saturated carbocycles. The second kappa shape index (κ2) is 8.47. The largest absolute Gasteiger partial charge is 0.465 e. The summed E-state index contributed by atoms with van der Waals surface area (Å²) in [6.45, 7) is 6.27. The fourth-order valence-corrected chi connectivity index (χ4v) is 4.61. The third kappa shape index (κ3) is 4.29. The van der Waals surface area contributed by atoms with Gasteiger partial charge >= 0.3 is 5.97 Å². The number of thiophene rings is 1. The Kier molecular flexibility index (Phi) is 6.23. The first kappa shape index (κ1) is 20.6. The van der Waals surface area contributed by atoms with Crippen molar-refractivity contribution in [3.8, 4) is 0 Å². The Bertz CT molecular complexity index is 1060. The maximum absolute atomic E-state index is 11.8. The highest BCUT2D eigenvalue weighted by Crippen LogP contribution is 2.37. The number of halogens is 1. The summed E-state index contributed by atoms with van der Waals surface area (Å²) in [4.78, 5) is 12.2. The van der Waals surface area contributed by atoms with E-state index in [1.807, 2.05) is 18.2 Å². The zero-order valence-electron chi connectivity index (χ0n) is 16.1. The van der Waals surface area contributed by atoms with Crippen molar-refractivity contribution in [3.63, 3.8) is 0 Å². The van der Waals surface area contributed by atoms with Gasteiger partial charge in [0.05, 0.1) is 18.2 Å². The second-order valence-corrected chi connectivity index (χ2v) is 8.45. The lowest BCUT2D eigenvalue weighted by Crippen LogP contribution is -2.30. The van der Waals surface area contributed by atoms with E-state index in [-0.39, 0.29) is 6.04 Å². The molecule has 3 rings (SSSR count). The van der Waals surface area contributed by atoms with Gasteiger partial charge in [0.2, 0.25) is 0 Å². The van der Waals surface area contributed by atoms with Crippen molar-refractivity contribution >= 4 is 62.0 Å². The predicted molar refractivity (Wildman–Crippen MR) is 122 cm³/mol. The monoisotopic (exact) mass is 432 g/mol. The second-order valence-electron chi connectivity index (χ2n) is 6.61. The van der Waals surface area contributed by atoms with E-state index in [1.165, 1.54) is 35.1 Å². The molecule has 1 heterocycles. The Morgan fingerprint density at radius 1 is 1.18 bits per heavy atom. The van der Waals surface area contributed by atoms with Crippen LogP contribution < -0.4 is 10.6 Å². The van der Waals surface area contributed by atoms with E-state index in [2.05, 4.69) is 49.6 Å². The predicted octanol–water partition coefficient (Wildman–Crippen LogP) is 6.01. The number of thiocarbonyl (C=S) groups is 1. The van der Waals surface area contributed by atoms with Gasteiger partial charge in [-0.1, -0.05) is 29.8 Å². The van der Waals surface area contributed by atoms with Crippen molar-refractivity contribution in [3.05, 3.63) is 63.0 Å². The number of carbonyl (C=O) groups is 1. The molecule has 0 radical (unpaired) electrons. The number of hydrogen-bond donors (Lipinski definition) is 2. The molecule has 2 aromatic carbocycles. The minimum Gasteiger partial charge on any atom is -0.465 e. The molecule has 2 N–H and O–H groups in total. The molecule has 0 aliphatic rings. The van der Waals surface area contributed by atoms with E-state index in [9.17, 15) is 4.79 Å². The number of hydrogen-bond acceptors (Lipinski definition) is 4. The number of methoxy groups -OCH3 is 1. The van der Waals surface area contributed by atoms with Gasteiger partial charge < -0.3 is 15.4 Å². The van der Waals surface area contributed by atoms with Crippen molar-refractivity contribution in [1.82, 2.24) is 5.32 Å². The lowest BCUT2D eigenvalue weighted by Gasteiger charge is -2.18. The van der Waals surface area contributed by atoms with Gasteiger partial charge in [-0.2, -0.15) is 0 Å². The molecule has 3 aromatic rings. The Hall–Kier alpha value is -2.15. The van der Waals surface area contributed by atoms with E-state index in [4.69, 9.17) is 28.6 Å². The van der Waals surface area contributed by atoms with Gasteiger partial charge in [-0.15, -0.1) is 11.3 Å². The first-order chi connectivity index (χ1) is 13.3. The molecule has 28 heavy (non-hydrogen) atoms. The molecule has 0 saturated heterocycles. The molecule has 1 aromatic heterocycles. The average Bonchev–Trinajstić information content (AvgIpc) is 2.99. The highest BCUT2D eigenvalue weighted by Gasteiger charge is 2.18. The Labute approximate surface area is 178 Å². The summed E-state index contributed by atoms with van der Waals surface area (Å²) in [5.74, 6) is -0.430. The average molecular weight is 433 g/mol. The van der Waals surface area contributed by atoms with E-state index >= 15 is 0 Å². The van der Waals surface area contributed by atoms with Crippen LogP contribution in [-0.2, 0) is 4.74 Å². The van der Waals surface area contributed by atoms with Gasteiger partial charge in [0.15, 0.2) is 5.11 Å². The number of esters is 1. The molecule has 1 unspecified atom stereocenters. The van der Waals surface area contributed by atoms with Crippen LogP contribution >= 0.6 is 35.2 Å². The molecule has 0 spiro atoms. The summed E-state index contributed by atoms with van der Waals surface area (Å²) in [7, 11) is 1.34. The zero-order chi connectivity index (χ0) is 20.4. The maximum Gasteiger partial charge on any atom is 0.349 e. The molecule has 1 atom stereocenters. The highest BCUT2D eigenvalue weighted by atomic mass is 35.5. The summed E-state index contributed by atoms with van der Waals surface area (Å²) < 4.78 is 5.67. The zero-order valence-corrected chi connectivity index (χ0v) is 18.4. The summed E-state index contributed by atoms with van der Waals surface area (Å²) in [6, 6.07) is 12.2. The maximum atomic E-state index is 11.8. The summed E-state index contributed by atoms with van der Waals surface area (Å²) >= 11 is 13.1. The van der Waals surface area contributed by atoms with E-state index in [0.29, 0.717) is 15.0 Å². The van der Waals surface area contributed by atoms with Crippen LogP contribution in [0.2, 0.25) is 5.02 Å². The number of nitrogens with one attached hydrogen (secondary N) is 2. The third-order valence-electron chi connectivity index (χ3n) is 4.64. The van der Waals surface area contributed by atoms with Gasteiger partial charge in [0, 0.05) is 15.8 Å². The number of fused-ring (bicyclic) bond motifs is 1. The van der Waals surface area contributed by atoms with Gasteiger partial charge in [-0.05, 0) is 67.9 Å². The summed E-state index contributed by atoms with van der Waals surface area (Å²) in [5.41, 5.74) is 4.53. The molecular formula is C21H21ClN2O2S2. The molecule has 0 bridgehead atoms. The normalized spacial score (nSPS) is 11.9. The number of benzene rings is 2. The number of aryl methyl sites for hydroxylation is 2. The third-order valence-corrected chi connectivity index (χ3v) is 6.49. The fraction of sp³-hybridized carbons (Fsp3) is 0.238. The van der Waals surface area contributed by atoms with Gasteiger partial charge in [-0.25, -0.2) is 4.79 Å². The van der Waals surface area contributed by atoms with Gasteiger partial charge in [0.1, 0.15) is 4.88 Å². The van der Waals surface area contributed by atoms with Crippen LogP contribution in [0.15, 0.2) is 36.4 Å². The number of rotatable bonds is 4. The Morgan fingerprint density at radius 3 is 2.61 bits per heavy atom. The van der Waals surface area contributed by atoms with Gasteiger partial charge in [0.25, 0.3) is 0 Å². The number of carbonyl (C=O) groups excluding carboxylic acids is 1. The minimum absolute atomic E-state index is 0.0742. The SMILES string of the molecule is COC(=O)c1sc2cc(NC(=S)NC(C)c3ccc(C)c(C)c3)ccc2c1Cl. The van der Waals surface area contributed by atoms with E-state index in [1.54, 1.807) is 0 Å². The standard InChI is InChI=1S/C21H21ClN2O2S2/c1-11-5-6-14(9-12(11)2)13(3)23-21(27)24-15-7-8-16-17(10-15)28-19(18(16)22)20(25)26-4/h5-10,13H,1-4H3,(H2,23,24,27). The molecule has 0 aliphatic heterocycles. The Morgan fingerprint density at radius 2 is 1.93 bits per heavy atom. The van der Waals surface area contributed by atoms with Crippen LogP contribution in [0, 0.1) is 13.8 Å². The summed E-state index contributed by atoms with van der Waals surface area (Å²) in [6.07, 6.45) is 0. The molecule has 0 amide bonds. The first-order valence-corrected chi connectivity index (χ1v) is 10.4.